The van der Waals surface area contributed by atoms with Gasteiger partial charge in [-0.05, 0) is 49.4 Å². The summed E-state index contributed by atoms with van der Waals surface area (Å²) in [6, 6.07) is 23.0. The molecule has 0 aliphatic carbocycles. The first kappa shape index (κ1) is 24.2. The number of hydrogen-bond acceptors (Lipinski definition) is 7. The molecule has 0 unspecified atom stereocenters. The molecule has 0 spiro atoms. The van der Waals surface area contributed by atoms with Crippen LogP contribution < -0.4 is 14.2 Å². The average molecular weight is 551 g/mol. The van der Waals surface area contributed by atoms with E-state index < -0.39 is 0 Å². The number of nitrogens with zero attached hydrogens (tertiary/aromatic N) is 6. The second-order valence-corrected chi connectivity index (χ2v) is 9.77. The van der Waals surface area contributed by atoms with E-state index in [2.05, 4.69) is 4.98 Å². The molecule has 7 rings (SSSR count). The Kier molecular flexibility index (Phi) is 5.67. The van der Waals surface area contributed by atoms with Gasteiger partial charge in [0.2, 0.25) is 11.8 Å². The lowest BCUT2D eigenvalue weighted by Crippen LogP contribution is -2.16. The zero-order valence-electron chi connectivity index (χ0n) is 21.9. The summed E-state index contributed by atoms with van der Waals surface area (Å²) in [7, 11) is 3.30. The van der Waals surface area contributed by atoms with Crippen LogP contribution in [0.4, 0.5) is 0 Å². The quantitative estimate of drug-likeness (QED) is 0.250. The van der Waals surface area contributed by atoms with Crippen molar-refractivity contribution in [1.29, 1.82) is 0 Å². The molecule has 3 aromatic carbocycles. The minimum absolute atomic E-state index is 0.345. The lowest BCUT2D eigenvalue weighted by molar-refractivity contribution is 0.393. The summed E-state index contributed by atoms with van der Waals surface area (Å²) in [6.07, 6.45) is 1.61. The first-order valence-corrected chi connectivity index (χ1v) is 13.0. The van der Waals surface area contributed by atoms with Crippen LogP contribution >= 0.6 is 11.6 Å². The molecule has 1 atom stereocenters. The SMILES string of the molecule is COc1ccccc1-c1nc2c3c(ncn2n1)Oc1c(c(C)nn1-c1ccc(Cl)cc1)[C@H]3c1ccccc1OC. The van der Waals surface area contributed by atoms with Crippen molar-refractivity contribution < 1.29 is 14.2 Å². The first-order valence-electron chi connectivity index (χ1n) is 12.6. The Balaban J connectivity index is 1.50. The van der Waals surface area contributed by atoms with E-state index in [0.717, 1.165) is 39.4 Å². The Morgan fingerprint density at radius 1 is 0.850 bits per heavy atom. The van der Waals surface area contributed by atoms with Gasteiger partial charge in [0.15, 0.2) is 11.5 Å². The summed E-state index contributed by atoms with van der Waals surface area (Å²) in [4.78, 5) is 9.67. The maximum atomic E-state index is 6.52. The standard InChI is InChI=1S/C30H23ClN6O3/c1-17-24-25(20-8-4-6-10-22(20)38-2)26-28-33-27(21-9-5-7-11-23(21)39-3)35-36(28)16-32-29(26)40-30(24)37(34-17)19-14-12-18(31)13-15-19/h4-16,25H,1-3H3/t25-/m1/s1. The molecule has 6 aromatic rings. The van der Waals surface area contributed by atoms with Crippen LogP contribution in [0.1, 0.15) is 28.3 Å². The van der Waals surface area contributed by atoms with Gasteiger partial charge in [0.25, 0.3) is 0 Å². The van der Waals surface area contributed by atoms with Crippen molar-refractivity contribution in [3.63, 3.8) is 0 Å². The summed E-state index contributed by atoms with van der Waals surface area (Å²) in [5, 5.41) is 10.3. The van der Waals surface area contributed by atoms with Crippen LogP contribution in [0.3, 0.4) is 0 Å². The smallest absolute Gasteiger partial charge is 0.230 e. The van der Waals surface area contributed by atoms with Crippen LogP contribution in [0.25, 0.3) is 22.7 Å². The number of ether oxygens (including phenoxy) is 3. The molecule has 4 heterocycles. The van der Waals surface area contributed by atoms with E-state index in [-0.39, 0.29) is 5.92 Å². The maximum absolute atomic E-state index is 6.52. The monoisotopic (exact) mass is 550 g/mol. The molecule has 1 aliphatic rings. The number of benzene rings is 3. The van der Waals surface area contributed by atoms with Crippen LogP contribution in [0.5, 0.6) is 23.3 Å². The van der Waals surface area contributed by atoms with E-state index in [1.54, 1.807) is 29.7 Å². The summed E-state index contributed by atoms with van der Waals surface area (Å²) >= 11 is 6.16. The third kappa shape index (κ3) is 3.70. The largest absolute Gasteiger partial charge is 0.496 e. The molecule has 3 aromatic heterocycles. The predicted octanol–water partition coefficient (Wildman–Crippen LogP) is 6.24. The molecule has 10 heteroatoms. The summed E-state index contributed by atoms with van der Waals surface area (Å²) in [6.45, 7) is 1.97. The van der Waals surface area contributed by atoms with Crippen molar-refractivity contribution in [2.45, 2.75) is 12.8 Å². The molecule has 0 fully saturated rings. The molecule has 40 heavy (non-hydrogen) atoms. The normalized spacial score (nSPS) is 13.9. The number of rotatable bonds is 5. The van der Waals surface area contributed by atoms with Gasteiger partial charge < -0.3 is 14.2 Å². The highest BCUT2D eigenvalue weighted by Gasteiger charge is 2.39. The highest BCUT2D eigenvalue weighted by Crippen LogP contribution is 2.51. The van der Waals surface area contributed by atoms with Gasteiger partial charge in [0, 0.05) is 10.6 Å². The average Bonchev–Trinajstić information content (AvgIpc) is 3.57. The summed E-state index contributed by atoms with van der Waals surface area (Å²) < 4.78 is 21.4. The Morgan fingerprint density at radius 2 is 1.57 bits per heavy atom. The van der Waals surface area contributed by atoms with Crippen LogP contribution in [0.15, 0.2) is 79.1 Å². The van der Waals surface area contributed by atoms with Crippen molar-refractivity contribution in [2.24, 2.45) is 0 Å². The highest BCUT2D eigenvalue weighted by molar-refractivity contribution is 6.30. The second-order valence-electron chi connectivity index (χ2n) is 9.34. The van der Waals surface area contributed by atoms with Gasteiger partial charge in [-0.15, -0.1) is 5.10 Å². The summed E-state index contributed by atoms with van der Waals surface area (Å²) in [5.74, 6) is 2.58. The number of aryl methyl sites for hydroxylation is 1. The van der Waals surface area contributed by atoms with Gasteiger partial charge >= 0.3 is 0 Å². The minimum Gasteiger partial charge on any atom is -0.496 e. The minimum atomic E-state index is -0.345. The molecular weight excluding hydrogens is 528 g/mol. The zero-order valence-corrected chi connectivity index (χ0v) is 22.6. The molecule has 198 valence electrons. The van der Waals surface area contributed by atoms with E-state index in [0.29, 0.717) is 34.0 Å². The van der Waals surface area contributed by atoms with Crippen molar-refractivity contribution in [3.05, 3.63) is 107 Å². The van der Waals surface area contributed by atoms with E-state index in [4.69, 9.17) is 41.0 Å². The van der Waals surface area contributed by atoms with Gasteiger partial charge in [-0.1, -0.05) is 41.9 Å². The third-order valence-corrected chi connectivity index (χ3v) is 7.34. The molecule has 0 amide bonds. The second kappa shape index (κ2) is 9.39. The van der Waals surface area contributed by atoms with E-state index >= 15 is 0 Å². The Bertz CT molecular complexity index is 1900. The lowest BCUT2D eigenvalue weighted by atomic mass is 9.84. The number of fused-ring (bicyclic) bond motifs is 4. The third-order valence-electron chi connectivity index (χ3n) is 7.09. The van der Waals surface area contributed by atoms with Crippen molar-refractivity contribution in [1.82, 2.24) is 29.4 Å². The molecule has 9 nitrogen and oxygen atoms in total. The number of methoxy groups -OCH3 is 2. The Labute approximate surface area is 234 Å². The van der Waals surface area contributed by atoms with Gasteiger partial charge in [-0.3, -0.25) is 0 Å². The summed E-state index contributed by atoms with van der Waals surface area (Å²) in [5.41, 5.74) is 5.62. The Hall–Kier alpha value is -4.89. The predicted molar refractivity (Wildman–Crippen MR) is 150 cm³/mol. The zero-order chi connectivity index (χ0) is 27.4. The first-order chi connectivity index (χ1) is 19.6. The van der Waals surface area contributed by atoms with Crippen LogP contribution in [0.2, 0.25) is 5.02 Å². The topological polar surface area (TPSA) is 88.6 Å². The van der Waals surface area contributed by atoms with Crippen LogP contribution in [-0.2, 0) is 0 Å². The molecule has 0 saturated carbocycles. The van der Waals surface area contributed by atoms with Gasteiger partial charge in [0.05, 0.1) is 48.2 Å². The van der Waals surface area contributed by atoms with E-state index in [1.165, 1.54) is 0 Å². The van der Waals surface area contributed by atoms with Gasteiger partial charge in [0.1, 0.15) is 17.8 Å². The fourth-order valence-electron chi connectivity index (χ4n) is 5.29. The van der Waals surface area contributed by atoms with Gasteiger partial charge in [-0.25, -0.2) is 19.2 Å². The van der Waals surface area contributed by atoms with Crippen molar-refractivity contribution in [3.8, 4) is 40.3 Å². The number of aromatic nitrogens is 6. The number of para-hydroxylation sites is 2. The highest BCUT2D eigenvalue weighted by atomic mass is 35.5. The fourth-order valence-corrected chi connectivity index (χ4v) is 5.42. The van der Waals surface area contributed by atoms with Crippen molar-refractivity contribution >= 4 is 17.2 Å². The molecule has 0 radical (unpaired) electrons. The molecule has 0 N–H and O–H groups in total. The number of hydrogen-bond donors (Lipinski definition) is 0. The molecule has 0 bridgehead atoms. The van der Waals surface area contributed by atoms with Crippen LogP contribution in [0, 0.1) is 6.92 Å². The van der Waals surface area contributed by atoms with Crippen LogP contribution in [-0.4, -0.2) is 43.6 Å². The lowest BCUT2D eigenvalue weighted by Gasteiger charge is -2.27. The fraction of sp³-hybridized carbons (Fsp3) is 0.133. The maximum Gasteiger partial charge on any atom is 0.230 e. The van der Waals surface area contributed by atoms with Gasteiger partial charge in [-0.2, -0.15) is 5.10 Å². The molecular formula is C30H23ClN6O3. The molecule has 1 aliphatic heterocycles. The Morgan fingerprint density at radius 3 is 2.35 bits per heavy atom. The number of halogens is 1. The van der Waals surface area contributed by atoms with E-state index in [9.17, 15) is 0 Å². The molecule has 0 saturated heterocycles. The van der Waals surface area contributed by atoms with E-state index in [1.807, 2.05) is 79.7 Å². The van der Waals surface area contributed by atoms with Crippen molar-refractivity contribution in [2.75, 3.05) is 14.2 Å².